The van der Waals surface area contributed by atoms with E-state index in [1.165, 1.54) is 41.2 Å². The molecule has 0 radical (unpaired) electrons. The van der Waals surface area contributed by atoms with Crippen molar-refractivity contribution >= 4 is 23.1 Å². The van der Waals surface area contributed by atoms with Crippen LogP contribution in [0.4, 0.5) is 0 Å². The van der Waals surface area contributed by atoms with Crippen molar-refractivity contribution in [3.8, 4) is 0 Å². The maximum atomic E-state index is 3.52. The summed E-state index contributed by atoms with van der Waals surface area (Å²) in [4.78, 5) is 2.97. The van der Waals surface area contributed by atoms with Crippen LogP contribution in [0.3, 0.4) is 0 Å². The van der Waals surface area contributed by atoms with Crippen LogP contribution in [0.1, 0.15) is 35.9 Å². The third-order valence-corrected chi connectivity index (χ3v) is 4.49. The Labute approximate surface area is 108 Å². The topological polar surface area (TPSA) is 12.0 Å². The van der Waals surface area contributed by atoms with Crippen molar-refractivity contribution in [2.45, 2.75) is 39.2 Å². The zero-order valence-electron chi connectivity index (χ0n) is 10.4. The fraction of sp³-hybridized carbons (Fsp3) is 0.692. The van der Waals surface area contributed by atoms with Crippen LogP contribution in [0.2, 0.25) is 0 Å². The van der Waals surface area contributed by atoms with Gasteiger partial charge in [-0.3, -0.25) is 0 Å². The molecule has 1 heterocycles. The highest BCUT2D eigenvalue weighted by Gasteiger charge is 1.97. The van der Waals surface area contributed by atoms with Crippen molar-refractivity contribution in [1.29, 1.82) is 0 Å². The summed E-state index contributed by atoms with van der Waals surface area (Å²) in [5.41, 5.74) is 0. The van der Waals surface area contributed by atoms with Crippen molar-refractivity contribution < 1.29 is 0 Å². The van der Waals surface area contributed by atoms with Gasteiger partial charge in [0.2, 0.25) is 0 Å². The van der Waals surface area contributed by atoms with Crippen LogP contribution in [-0.4, -0.2) is 18.6 Å². The number of thioether (sulfide) groups is 1. The molecular weight excluding hydrogens is 234 g/mol. The highest BCUT2D eigenvalue weighted by atomic mass is 32.2. The molecule has 0 saturated heterocycles. The predicted molar refractivity (Wildman–Crippen MR) is 77.6 cm³/mol. The largest absolute Gasteiger partial charge is 0.312 e. The number of thiophene rings is 1. The molecule has 0 aliphatic carbocycles. The van der Waals surface area contributed by atoms with Gasteiger partial charge in [0.05, 0.1) is 0 Å². The van der Waals surface area contributed by atoms with Gasteiger partial charge < -0.3 is 5.32 Å². The Morgan fingerprint density at radius 2 is 2.00 bits per heavy atom. The van der Waals surface area contributed by atoms with Crippen molar-refractivity contribution in [2.75, 3.05) is 18.6 Å². The molecule has 92 valence electrons. The molecule has 1 aromatic rings. The van der Waals surface area contributed by atoms with E-state index in [9.17, 15) is 0 Å². The summed E-state index contributed by atoms with van der Waals surface area (Å²) in [7, 11) is 0. The molecule has 0 atom stereocenters. The molecule has 1 rings (SSSR count). The standard InChI is InChI=1S/C13H23NS2/c1-3-12-7-8-13(16-12)11-14-9-5-4-6-10-15-2/h7-8,14H,3-6,9-11H2,1-2H3. The second-order valence-corrected chi connectivity index (χ2v) is 6.19. The summed E-state index contributed by atoms with van der Waals surface area (Å²) < 4.78 is 0. The Morgan fingerprint density at radius 3 is 2.69 bits per heavy atom. The second-order valence-electron chi connectivity index (χ2n) is 3.95. The van der Waals surface area contributed by atoms with Crippen LogP contribution in [0.15, 0.2) is 12.1 Å². The van der Waals surface area contributed by atoms with Gasteiger partial charge in [0.1, 0.15) is 0 Å². The first-order chi connectivity index (χ1) is 7.86. The van der Waals surface area contributed by atoms with Gasteiger partial charge in [-0.2, -0.15) is 11.8 Å². The molecule has 3 heteroatoms. The fourth-order valence-electron chi connectivity index (χ4n) is 1.59. The van der Waals surface area contributed by atoms with Gasteiger partial charge in [-0.05, 0) is 49.9 Å². The molecule has 0 fully saturated rings. The van der Waals surface area contributed by atoms with Crippen molar-refractivity contribution in [1.82, 2.24) is 5.32 Å². The summed E-state index contributed by atoms with van der Waals surface area (Å²) in [6.07, 6.45) is 7.38. The van der Waals surface area contributed by atoms with E-state index in [4.69, 9.17) is 0 Å². The Hall–Kier alpha value is 0.01000. The van der Waals surface area contributed by atoms with Gasteiger partial charge in [-0.25, -0.2) is 0 Å². The lowest BCUT2D eigenvalue weighted by Crippen LogP contribution is -2.13. The van der Waals surface area contributed by atoms with Gasteiger partial charge in [-0.15, -0.1) is 11.3 Å². The lowest BCUT2D eigenvalue weighted by Gasteiger charge is -2.02. The molecular formula is C13H23NS2. The summed E-state index contributed by atoms with van der Waals surface area (Å²) >= 11 is 3.89. The van der Waals surface area contributed by atoms with Gasteiger partial charge in [0.15, 0.2) is 0 Å². The van der Waals surface area contributed by atoms with Crippen LogP contribution in [-0.2, 0) is 13.0 Å². The minimum Gasteiger partial charge on any atom is -0.312 e. The van der Waals surface area contributed by atoms with Gasteiger partial charge in [-0.1, -0.05) is 13.3 Å². The average Bonchev–Trinajstić information content (AvgIpc) is 2.76. The number of aryl methyl sites for hydroxylation is 1. The van der Waals surface area contributed by atoms with Crippen LogP contribution in [0.5, 0.6) is 0 Å². The van der Waals surface area contributed by atoms with E-state index in [-0.39, 0.29) is 0 Å². The molecule has 0 aliphatic heterocycles. The zero-order valence-corrected chi connectivity index (χ0v) is 12.1. The number of rotatable bonds is 9. The van der Waals surface area contributed by atoms with E-state index in [0.717, 1.165) is 13.1 Å². The Kier molecular flexibility index (Phi) is 7.99. The van der Waals surface area contributed by atoms with Crippen LogP contribution in [0.25, 0.3) is 0 Å². The predicted octanol–water partition coefficient (Wildman–Crippen LogP) is 3.93. The smallest absolute Gasteiger partial charge is 0.0299 e. The monoisotopic (exact) mass is 257 g/mol. The molecule has 0 aromatic carbocycles. The summed E-state index contributed by atoms with van der Waals surface area (Å²) in [5.74, 6) is 1.31. The van der Waals surface area contributed by atoms with Crippen molar-refractivity contribution in [2.24, 2.45) is 0 Å². The third kappa shape index (κ3) is 5.92. The minimum absolute atomic E-state index is 1.05. The number of nitrogens with one attached hydrogen (secondary N) is 1. The van der Waals surface area contributed by atoms with Gasteiger partial charge in [0.25, 0.3) is 0 Å². The van der Waals surface area contributed by atoms with E-state index in [0.29, 0.717) is 0 Å². The normalized spacial score (nSPS) is 10.9. The summed E-state index contributed by atoms with van der Waals surface area (Å²) in [5, 5.41) is 3.52. The Balaban J connectivity index is 1.98. The molecule has 1 nitrogen and oxygen atoms in total. The van der Waals surface area contributed by atoms with E-state index >= 15 is 0 Å². The van der Waals surface area contributed by atoms with E-state index in [1.54, 1.807) is 0 Å². The molecule has 0 spiro atoms. The van der Waals surface area contributed by atoms with Crippen LogP contribution >= 0.6 is 23.1 Å². The quantitative estimate of drug-likeness (QED) is 0.673. The first-order valence-corrected chi connectivity index (χ1v) is 8.35. The lowest BCUT2D eigenvalue weighted by molar-refractivity contribution is 0.622. The lowest BCUT2D eigenvalue weighted by atomic mass is 10.2. The molecule has 1 aromatic heterocycles. The molecule has 16 heavy (non-hydrogen) atoms. The maximum Gasteiger partial charge on any atom is 0.0299 e. The Bertz CT molecular complexity index is 271. The number of hydrogen-bond acceptors (Lipinski definition) is 3. The Morgan fingerprint density at radius 1 is 1.19 bits per heavy atom. The molecule has 0 aliphatic rings. The molecule has 0 bridgehead atoms. The second kappa shape index (κ2) is 9.08. The molecule has 0 saturated carbocycles. The van der Waals surface area contributed by atoms with Gasteiger partial charge in [0, 0.05) is 16.3 Å². The number of hydrogen-bond donors (Lipinski definition) is 1. The van der Waals surface area contributed by atoms with Gasteiger partial charge >= 0.3 is 0 Å². The third-order valence-electron chi connectivity index (χ3n) is 2.57. The number of unbranched alkanes of at least 4 members (excludes halogenated alkanes) is 2. The SMILES string of the molecule is CCc1ccc(CNCCCCCSC)s1. The molecule has 0 unspecified atom stereocenters. The van der Waals surface area contributed by atoms with Crippen LogP contribution in [0, 0.1) is 0 Å². The van der Waals surface area contributed by atoms with Crippen molar-refractivity contribution in [3.63, 3.8) is 0 Å². The first-order valence-electron chi connectivity index (χ1n) is 6.14. The van der Waals surface area contributed by atoms with E-state index in [2.05, 4.69) is 30.6 Å². The highest BCUT2D eigenvalue weighted by molar-refractivity contribution is 7.98. The van der Waals surface area contributed by atoms with Crippen molar-refractivity contribution in [3.05, 3.63) is 21.9 Å². The molecule has 1 N–H and O–H groups in total. The van der Waals surface area contributed by atoms with E-state index < -0.39 is 0 Å². The summed E-state index contributed by atoms with van der Waals surface area (Å²) in [6, 6.07) is 4.50. The first kappa shape index (κ1) is 14.1. The maximum absolute atomic E-state index is 3.52. The van der Waals surface area contributed by atoms with Crippen LogP contribution < -0.4 is 5.32 Å². The molecule has 0 amide bonds. The highest BCUT2D eigenvalue weighted by Crippen LogP contribution is 2.16. The fourth-order valence-corrected chi connectivity index (χ4v) is 3.01. The zero-order chi connectivity index (χ0) is 11.6. The average molecular weight is 257 g/mol. The summed E-state index contributed by atoms with van der Waals surface area (Å²) in [6.45, 7) is 4.43. The minimum atomic E-state index is 1.05. The van der Waals surface area contributed by atoms with E-state index in [1.807, 2.05) is 23.1 Å².